The molecule has 12 nitrogen and oxygen atoms in total. The van der Waals surface area contributed by atoms with Crippen LogP contribution in [0.3, 0.4) is 0 Å². The Morgan fingerprint density at radius 2 is 0.875 bits per heavy atom. The number of hydrogen-bond donors (Lipinski definition) is 5. The van der Waals surface area contributed by atoms with Crippen LogP contribution in [0, 0.1) is 0 Å². The van der Waals surface area contributed by atoms with Crippen molar-refractivity contribution in [2.75, 3.05) is 0 Å². The number of rotatable bonds is 4. The van der Waals surface area contributed by atoms with Crippen LogP contribution in [0.2, 0.25) is 0 Å². The third kappa shape index (κ3) is 3.48. The van der Waals surface area contributed by atoms with Gasteiger partial charge in [-0.1, -0.05) is 24.3 Å². The Hall–Kier alpha value is -2.20. The van der Waals surface area contributed by atoms with Crippen LogP contribution in [0.4, 0.5) is 0 Å². The lowest BCUT2D eigenvalue weighted by molar-refractivity contribution is 0.387. The molecule has 0 amide bonds. The molecule has 0 aliphatic rings. The Morgan fingerprint density at radius 1 is 0.562 bits per heavy atom. The Labute approximate surface area is 179 Å². The van der Waals surface area contributed by atoms with Gasteiger partial charge in [0.1, 0.15) is 14.7 Å². The predicted octanol–water partition coefficient (Wildman–Crippen LogP) is 1.13. The van der Waals surface area contributed by atoms with Crippen LogP contribution in [-0.4, -0.2) is 48.7 Å². The average molecular weight is 522 g/mol. The van der Waals surface area contributed by atoms with E-state index in [4.69, 9.17) is 0 Å². The molecule has 0 unspecified atom stereocenters. The fraction of sp³-hybridized carbons (Fsp3) is 0. The van der Waals surface area contributed by atoms with Gasteiger partial charge < -0.3 is 9.79 Å². The molecule has 0 fully saturated rings. The lowest BCUT2D eigenvalue weighted by Crippen LogP contribution is -2.12. The number of hydrogen-bond acceptors (Lipinski definition) is 7. The zero-order valence-electron chi connectivity index (χ0n) is 15.2. The summed E-state index contributed by atoms with van der Waals surface area (Å²) < 4.78 is 113. The SMILES string of the molecule is O=P(O)(O)c1cc(S(=O)(=O)O)c2ccc3c(S(=O)(=O)O)cc(S(=O)(=O)O)c4ccc1c2c43. The van der Waals surface area contributed by atoms with Crippen molar-refractivity contribution >= 4 is 75.6 Å². The van der Waals surface area contributed by atoms with Crippen molar-refractivity contribution in [2.45, 2.75) is 14.7 Å². The van der Waals surface area contributed by atoms with E-state index in [-0.39, 0.29) is 32.3 Å². The van der Waals surface area contributed by atoms with Gasteiger partial charge in [-0.05, 0) is 22.9 Å². The van der Waals surface area contributed by atoms with Crippen molar-refractivity contribution in [1.82, 2.24) is 0 Å². The van der Waals surface area contributed by atoms with E-state index in [9.17, 15) is 53.3 Å². The monoisotopic (exact) mass is 522 g/mol. The van der Waals surface area contributed by atoms with Gasteiger partial charge in [-0.15, -0.1) is 0 Å². The van der Waals surface area contributed by atoms with Crippen LogP contribution < -0.4 is 5.30 Å². The molecule has 4 rings (SSSR count). The predicted molar refractivity (Wildman–Crippen MR) is 111 cm³/mol. The zero-order valence-corrected chi connectivity index (χ0v) is 18.6. The maximum atomic E-state index is 12.1. The fourth-order valence-corrected chi connectivity index (χ4v) is 6.86. The molecule has 0 aliphatic heterocycles. The third-order valence-corrected chi connectivity index (χ3v) is 8.59. The van der Waals surface area contributed by atoms with Crippen molar-refractivity contribution in [1.29, 1.82) is 0 Å². The summed E-state index contributed by atoms with van der Waals surface area (Å²) >= 11 is 0. The van der Waals surface area contributed by atoms with Gasteiger partial charge in [-0.25, -0.2) is 0 Å². The van der Waals surface area contributed by atoms with Crippen molar-refractivity contribution in [3.05, 3.63) is 36.4 Å². The van der Waals surface area contributed by atoms with Gasteiger partial charge in [0.25, 0.3) is 30.4 Å². The molecule has 0 atom stereocenters. The minimum absolute atomic E-state index is 0.271. The van der Waals surface area contributed by atoms with Gasteiger partial charge in [-0.2, -0.15) is 25.3 Å². The molecule has 0 aromatic heterocycles. The molecule has 16 heteroatoms. The van der Waals surface area contributed by atoms with E-state index in [1.165, 1.54) is 0 Å². The van der Waals surface area contributed by atoms with Crippen LogP contribution in [-0.2, 0) is 34.9 Å². The minimum atomic E-state index is -5.17. The summed E-state index contributed by atoms with van der Waals surface area (Å²) in [4.78, 5) is 16.6. The highest BCUT2D eigenvalue weighted by Gasteiger charge is 2.31. The van der Waals surface area contributed by atoms with Crippen LogP contribution in [0.25, 0.3) is 32.3 Å². The maximum Gasteiger partial charge on any atom is 0.356 e. The molecular formula is C16H11O12PS3. The van der Waals surface area contributed by atoms with E-state index in [2.05, 4.69) is 0 Å². The molecule has 0 spiro atoms. The molecule has 0 saturated heterocycles. The van der Waals surface area contributed by atoms with Crippen LogP contribution in [0.5, 0.6) is 0 Å². The first-order valence-corrected chi connectivity index (χ1v) is 14.1. The molecule has 0 heterocycles. The smallest absolute Gasteiger partial charge is 0.321 e. The Kier molecular flexibility index (Phi) is 4.78. The van der Waals surface area contributed by atoms with Crippen LogP contribution >= 0.6 is 7.60 Å². The molecular weight excluding hydrogens is 511 g/mol. The topological polar surface area (TPSA) is 221 Å². The van der Waals surface area contributed by atoms with E-state index < -0.39 is 57.9 Å². The van der Waals surface area contributed by atoms with Gasteiger partial charge >= 0.3 is 7.60 Å². The highest BCUT2D eigenvalue weighted by atomic mass is 32.2. The first-order valence-electron chi connectivity index (χ1n) is 8.19. The summed E-state index contributed by atoms with van der Waals surface area (Å²) in [5, 5.41) is -2.71. The molecule has 5 N–H and O–H groups in total. The lowest BCUT2D eigenvalue weighted by Gasteiger charge is -2.19. The minimum Gasteiger partial charge on any atom is -0.321 e. The molecule has 4 aromatic rings. The van der Waals surface area contributed by atoms with Crippen LogP contribution in [0.15, 0.2) is 51.1 Å². The van der Waals surface area contributed by atoms with Gasteiger partial charge in [-0.3, -0.25) is 18.2 Å². The van der Waals surface area contributed by atoms with Crippen molar-refractivity contribution < 1.29 is 53.3 Å². The largest absolute Gasteiger partial charge is 0.356 e. The van der Waals surface area contributed by atoms with E-state index in [1.807, 2.05) is 0 Å². The van der Waals surface area contributed by atoms with E-state index >= 15 is 0 Å². The Bertz CT molecular complexity index is 1780. The maximum absolute atomic E-state index is 12.1. The molecule has 0 bridgehead atoms. The summed E-state index contributed by atoms with van der Waals surface area (Å²) in [7, 11) is -20.4. The summed E-state index contributed by atoms with van der Waals surface area (Å²) in [6.07, 6.45) is 0. The molecule has 32 heavy (non-hydrogen) atoms. The second-order valence-electron chi connectivity index (χ2n) is 6.81. The first kappa shape index (κ1) is 23.0. The third-order valence-electron chi connectivity index (χ3n) is 4.91. The summed E-state index contributed by atoms with van der Waals surface area (Å²) in [5.41, 5.74) is 0. The van der Waals surface area contributed by atoms with E-state index in [0.717, 1.165) is 24.3 Å². The Morgan fingerprint density at radius 3 is 1.22 bits per heavy atom. The lowest BCUT2D eigenvalue weighted by atomic mass is 9.94. The van der Waals surface area contributed by atoms with E-state index in [1.54, 1.807) is 0 Å². The van der Waals surface area contributed by atoms with Crippen LogP contribution in [0.1, 0.15) is 0 Å². The average Bonchev–Trinajstić information content (AvgIpc) is 2.61. The molecule has 0 saturated carbocycles. The van der Waals surface area contributed by atoms with Gasteiger partial charge in [0.05, 0.1) is 5.30 Å². The normalized spacial score (nSPS) is 14.0. The highest BCUT2D eigenvalue weighted by molar-refractivity contribution is 7.87. The highest BCUT2D eigenvalue weighted by Crippen LogP contribution is 2.45. The summed E-state index contributed by atoms with van der Waals surface area (Å²) in [6.45, 7) is 0. The molecule has 4 aromatic carbocycles. The number of benzene rings is 4. The Balaban J connectivity index is 2.50. The second kappa shape index (κ2) is 6.66. The molecule has 0 radical (unpaired) electrons. The first-order chi connectivity index (χ1) is 14.4. The van der Waals surface area contributed by atoms with Crippen molar-refractivity contribution in [2.24, 2.45) is 0 Å². The summed E-state index contributed by atoms with van der Waals surface area (Å²) in [6, 6.07) is 5.19. The van der Waals surface area contributed by atoms with Crippen molar-refractivity contribution in [3.8, 4) is 0 Å². The van der Waals surface area contributed by atoms with Gasteiger partial charge in [0, 0.05) is 21.5 Å². The second-order valence-corrected chi connectivity index (χ2v) is 12.5. The zero-order chi connectivity index (χ0) is 24.0. The van der Waals surface area contributed by atoms with Gasteiger partial charge in [0.2, 0.25) is 0 Å². The fourth-order valence-electron chi connectivity index (χ4n) is 3.76. The molecule has 170 valence electrons. The van der Waals surface area contributed by atoms with Gasteiger partial charge in [0.15, 0.2) is 0 Å². The standard InChI is InChI=1S/C16H11O12PS3/c17-29(18,19)11-5-12(30(20,21)22)8-3-4-10-14(32(26,27)28)6-13(31(23,24)25)9-2-1-7(11)15(8)16(9)10/h1-6H,(H2,17,18,19)(H,20,21,22)(H,23,24,25)(H,26,27,28). The summed E-state index contributed by atoms with van der Waals surface area (Å²) in [5.74, 6) is 0. The van der Waals surface area contributed by atoms with E-state index in [0.29, 0.717) is 12.1 Å². The quantitative estimate of drug-likeness (QED) is 0.145. The van der Waals surface area contributed by atoms with Crippen molar-refractivity contribution in [3.63, 3.8) is 0 Å². The molecule has 0 aliphatic carbocycles.